The van der Waals surface area contributed by atoms with Crippen molar-refractivity contribution in [3.8, 4) is 11.5 Å². The molecule has 2 aromatic carbocycles. The minimum absolute atomic E-state index is 0.151. The van der Waals surface area contributed by atoms with Crippen molar-refractivity contribution in [2.45, 2.75) is 19.8 Å². The molecule has 0 aliphatic carbocycles. The number of nitrogens with zero attached hydrogens (tertiary/aromatic N) is 1. The number of thiocarbonyl (C=S) groups is 1. The number of benzene rings is 2. The van der Waals surface area contributed by atoms with Crippen molar-refractivity contribution in [1.29, 1.82) is 0 Å². The molecule has 1 amide bonds. The van der Waals surface area contributed by atoms with Crippen LogP contribution in [0, 0.1) is 0 Å². The van der Waals surface area contributed by atoms with Gasteiger partial charge in [-0.15, -0.1) is 0 Å². The molecule has 140 valence electrons. The Labute approximate surface area is 169 Å². The van der Waals surface area contributed by atoms with Gasteiger partial charge in [0.15, 0.2) is 4.32 Å². The topological polar surface area (TPSA) is 38.8 Å². The zero-order valence-electron chi connectivity index (χ0n) is 15.7. The van der Waals surface area contributed by atoms with E-state index in [4.69, 9.17) is 21.7 Å². The third-order valence-corrected chi connectivity index (χ3v) is 5.62. The number of carbonyl (C=O) groups excluding carboxylic acids is 1. The first-order chi connectivity index (χ1) is 12.9. The van der Waals surface area contributed by atoms with Crippen molar-refractivity contribution in [3.63, 3.8) is 0 Å². The van der Waals surface area contributed by atoms with Gasteiger partial charge in [0.05, 0.1) is 24.8 Å². The molecular formula is C21H21NO3S2. The lowest BCUT2D eigenvalue weighted by Gasteiger charge is -2.18. The predicted molar refractivity (Wildman–Crippen MR) is 116 cm³/mol. The molecule has 1 heterocycles. The third kappa shape index (κ3) is 4.01. The number of methoxy groups -OCH3 is 2. The van der Waals surface area contributed by atoms with Crippen LogP contribution in [0.15, 0.2) is 47.4 Å². The lowest BCUT2D eigenvalue weighted by atomic mass is 10.0. The molecule has 6 heteroatoms. The van der Waals surface area contributed by atoms with Crippen LogP contribution in [0.25, 0.3) is 6.08 Å². The second-order valence-corrected chi connectivity index (χ2v) is 8.05. The zero-order chi connectivity index (χ0) is 19.6. The van der Waals surface area contributed by atoms with Gasteiger partial charge in [0.25, 0.3) is 5.91 Å². The second kappa shape index (κ2) is 8.15. The highest BCUT2D eigenvalue weighted by Gasteiger charge is 2.35. The molecule has 0 bridgehead atoms. The Morgan fingerprint density at radius 3 is 2.37 bits per heavy atom. The minimum Gasteiger partial charge on any atom is -0.497 e. The fourth-order valence-electron chi connectivity index (χ4n) is 2.77. The average molecular weight is 400 g/mol. The Morgan fingerprint density at radius 1 is 1.07 bits per heavy atom. The average Bonchev–Trinajstić information content (AvgIpc) is 2.94. The van der Waals surface area contributed by atoms with Crippen molar-refractivity contribution in [3.05, 3.63) is 58.5 Å². The Morgan fingerprint density at radius 2 is 1.78 bits per heavy atom. The summed E-state index contributed by atoms with van der Waals surface area (Å²) in [5.41, 5.74) is 2.85. The molecule has 3 rings (SSSR count). The summed E-state index contributed by atoms with van der Waals surface area (Å²) in [4.78, 5) is 15.1. The summed E-state index contributed by atoms with van der Waals surface area (Å²) in [5.74, 6) is 1.51. The van der Waals surface area contributed by atoms with Gasteiger partial charge in [0.1, 0.15) is 11.5 Å². The van der Waals surface area contributed by atoms with Gasteiger partial charge in [0, 0.05) is 6.07 Å². The number of carbonyl (C=O) groups is 1. The summed E-state index contributed by atoms with van der Waals surface area (Å²) in [6, 6.07) is 13.5. The molecule has 2 aromatic rings. The van der Waals surface area contributed by atoms with Gasteiger partial charge in [-0.1, -0.05) is 62.1 Å². The van der Waals surface area contributed by atoms with E-state index >= 15 is 0 Å². The van der Waals surface area contributed by atoms with Crippen LogP contribution in [0.4, 0.5) is 5.69 Å². The fraction of sp³-hybridized carbons (Fsp3) is 0.238. The maximum absolute atomic E-state index is 13.0. The van der Waals surface area contributed by atoms with Crippen molar-refractivity contribution in [2.24, 2.45) is 0 Å². The van der Waals surface area contributed by atoms with Gasteiger partial charge in [-0.25, -0.2) is 0 Å². The van der Waals surface area contributed by atoms with Gasteiger partial charge in [-0.05, 0) is 35.3 Å². The van der Waals surface area contributed by atoms with E-state index in [1.807, 2.05) is 18.2 Å². The molecule has 1 aliphatic rings. The minimum atomic E-state index is -0.151. The van der Waals surface area contributed by atoms with Gasteiger partial charge in [0.2, 0.25) is 0 Å². The maximum atomic E-state index is 13.0. The second-order valence-electron chi connectivity index (χ2n) is 6.38. The highest BCUT2D eigenvalue weighted by atomic mass is 32.2. The maximum Gasteiger partial charge on any atom is 0.270 e. The van der Waals surface area contributed by atoms with E-state index in [1.165, 1.54) is 22.2 Å². The van der Waals surface area contributed by atoms with Crippen molar-refractivity contribution in [1.82, 2.24) is 0 Å². The Bertz CT molecular complexity index is 904. The fourth-order valence-corrected chi connectivity index (χ4v) is 4.06. The quantitative estimate of drug-likeness (QED) is 0.508. The van der Waals surface area contributed by atoms with E-state index in [2.05, 4.69) is 26.0 Å². The van der Waals surface area contributed by atoms with Gasteiger partial charge in [-0.2, -0.15) is 0 Å². The summed E-state index contributed by atoms with van der Waals surface area (Å²) in [6.07, 6.45) is 1.87. The largest absolute Gasteiger partial charge is 0.497 e. The van der Waals surface area contributed by atoms with Crippen molar-refractivity contribution in [2.75, 3.05) is 19.1 Å². The molecule has 0 atom stereocenters. The monoisotopic (exact) mass is 399 g/mol. The zero-order valence-corrected chi connectivity index (χ0v) is 17.3. The van der Waals surface area contributed by atoms with E-state index in [1.54, 1.807) is 32.4 Å². The Hall–Kier alpha value is -2.31. The van der Waals surface area contributed by atoms with E-state index in [9.17, 15) is 4.79 Å². The molecule has 0 N–H and O–H groups in total. The number of anilines is 1. The molecule has 1 saturated heterocycles. The van der Waals surface area contributed by atoms with Crippen LogP contribution in [-0.4, -0.2) is 24.4 Å². The summed E-state index contributed by atoms with van der Waals surface area (Å²) in [6.45, 7) is 4.31. The number of rotatable bonds is 5. The lowest BCUT2D eigenvalue weighted by Crippen LogP contribution is -2.27. The van der Waals surface area contributed by atoms with Crippen LogP contribution in [0.5, 0.6) is 11.5 Å². The number of hydrogen-bond acceptors (Lipinski definition) is 5. The smallest absolute Gasteiger partial charge is 0.270 e. The van der Waals surface area contributed by atoms with Gasteiger partial charge >= 0.3 is 0 Å². The van der Waals surface area contributed by atoms with E-state index in [0.29, 0.717) is 32.3 Å². The Balaban J connectivity index is 1.91. The summed E-state index contributed by atoms with van der Waals surface area (Å²) in [7, 11) is 3.14. The van der Waals surface area contributed by atoms with Crippen LogP contribution in [0.3, 0.4) is 0 Å². The summed E-state index contributed by atoms with van der Waals surface area (Å²) in [5, 5.41) is 0. The molecule has 0 saturated carbocycles. The Kier molecular flexibility index (Phi) is 5.87. The van der Waals surface area contributed by atoms with Crippen molar-refractivity contribution < 1.29 is 14.3 Å². The molecule has 0 spiro atoms. The summed E-state index contributed by atoms with van der Waals surface area (Å²) < 4.78 is 11.1. The molecule has 0 aromatic heterocycles. The molecule has 0 unspecified atom stereocenters. The summed E-state index contributed by atoms with van der Waals surface area (Å²) >= 11 is 6.75. The van der Waals surface area contributed by atoms with Crippen LogP contribution in [0.1, 0.15) is 30.9 Å². The first-order valence-electron chi connectivity index (χ1n) is 8.54. The molecule has 1 aliphatic heterocycles. The standard InChI is InChI=1S/C21H21NO3S2/c1-13(2)15-7-5-14(6-8-15)11-19-20(23)22(21(26)27-19)17-10-9-16(24-3)12-18(17)25-4/h5-13H,1-4H3/b19-11-. The van der Waals surface area contributed by atoms with Crippen LogP contribution < -0.4 is 14.4 Å². The van der Waals surface area contributed by atoms with Gasteiger partial charge in [-0.3, -0.25) is 9.69 Å². The molecular weight excluding hydrogens is 378 g/mol. The first kappa shape index (κ1) is 19.5. The van der Waals surface area contributed by atoms with Crippen LogP contribution >= 0.6 is 24.0 Å². The molecule has 1 fully saturated rings. The number of hydrogen-bond donors (Lipinski definition) is 0. The highest BCUT2D eigenvalue weighted by Crippen LogP contribution is 2.41. The molecule has 27 heavy (non-hydrogen) atoms. The molecule has 0 radical (unpaired) electrons. The van der Waals surface area contributed by atoms with E-state index in [-0.39, 0.29) is 5.91 Å². The van der Waals surface area contributed by atoms with E-state index in [0.717, 1.165) is 5.56 Å². The van der Waals surface area contributed by atoms with Crippen LogP contribution in [-0.2, 0) is 4.79 Å². The third-order valence-electron chi connectivity index (χ3n) is 4.32. The normalized spacial score (nSPS) is 15.7. The lowest BCUT2D eigenvalue weighted by molar-refractivity contribution is -0.113. The number of ether oxygens (including phenoxy) is 2. The SMILES string of the molecule is COc1ccc(N2C(=O)/C(=C/c3ccc(C(C)C)cc3)SC2=S)c(OC)c1. The van der Waals surface area contributed by atoms with Gasteiger partial charge < -0.3 is 9.47 Å². The van der Waals surface area contributed by atoms with Crippen molar-refractivity contribution >= 4 is 46.0 Å². The van der Waals surface area contributed by atoms with Crippen LogP contribution in [0.2, 0.25) is 0 Å². The highest BCUT2D eigenvalue weighted by molar-refractivity contribution is 8.27. The number of thioether (sulfide) groups is 1. The molecule has 4 nitrogen and oxygen atoms in total. The first-order valence-corrected chi connectivity index (χ1v) is 9.77. The predicted octanol–water partition coefficient (Wildman–Crippen LogP) is 5.23. The number of amides is 1. The van der Waals surface area contributed by atoms with E-state index < -0.39 is 0 Å².